The van der Waals surface area contributed by atoms with Crippen LogP contribution in [0.4, 0.5) is 0 Å². The molecule has 1 amide bonds. The van der Waals surface area contributed by atoms with E-state index in [-0.39, 0.29) is 12.0 Å². The number of hydrogen-bond donors (Lipinski definition) is 0. The summed E-state index contributed by atoms with van der Waals surface area (Å²) in [5, 5.41) is 9.45. The molecule has 4 rings (SSSR count). The number of benzene rings is 1. The first-order chi connectivity index (χ1) is 11.8. The van der Waals surface area contributed by atoms with Gasteiger partial charge in [-0.15, -0.1) is 10.2 Å². The fraction of sp³-hybridized carbons (Fsp3) is 0.353. The van der Waals surface area contributed by atoms with Gasteiger partial charge in [0.2, 0.25) is 5.91 Å². The minimum absolute atomic E-state index is 0.120. The van der Waals surface area contributed by atoms with Crippen molar-refractivity contribution in [3.8, 4) is 5.19 Å². The van der Waals surface area contributed by atoms with Crippen LogP contribution in [-0.2, 0) is 11.3 Å². The van der Waals surface area contributed by atoms with Crippen LogP contribution in [0.25, 0.3) is 10.9 Å². The van der Waals surface area contributed by atoms with Crippen LogP contribution in [0.1, 0.15) is 12.8 Å². The number of rotatable bonds is 4. The Bertz CT molecular complexity index is 822. The predicted molar refractivity (Wildman–Crippen MR) is 92.1 cm³/mol. The van der Waals surface area contributed by atoms with Gasteiger partial charge in [-0.3, -0.25) is 4.79 Å². The molecule has 0 spiro atoms. The number of aromatic nitrogens is 3. The van der Waals surface area contributed by atoms with Crippen molar-refractivity contribution in [2.75, 3.05) is 13.1 Å². The number of likely N-dealkylation sites (tertiary alicyclic amines) is 1. The van der Waals surface area contributed by atoms with Crippen molar-refractivity contribution in [1.29, 1.82) is 0 Å². The lowest BCUT2D eigenvalue weighted by molar-refractivity contribution is -0.133. The Morgan fingerprint density at radius 1 is 1.25 bits per heavy atom. The van der Waals surface area contributed by atoms with Crippen molar-refractivity contribution in [3.63, 3.8) is 0 Å². The van der Waals surface area contributed by atoms with Crippen molar-refractivity contribution in [1.82, 2.24) is 19.7 Å². The Hall–Kier alpha value is -2.41. The number of para-hydroxylation sites is 1. The molecular weight excluding hydrogens is 324 g/mol. The molecule has 0 aliphatic carbocycles. The van der Waals surface area contributed by atoms with Crippen molar-refractivity contribution >= 4 is 28.1 Å². The topological polar surface area (TPSA) is 60.2 Å². The number of carbonyl (C=O) groups is 1. The van der Waals surface area contributed by atoms with Crippen LogP contribution in [0.15, 0.2) is 42.0 Å². The number of fused-ring (bicyclic) bond motifs is 1. The summed E-state index contributed by atoms with van der Waals surface area (Å²) in [5.74, 6) is 0.158. The zero-order valence-electron chi connectivity index (χ0n) is 13.2. The summed E-state index contributed by atoms with van der Waals surface area (Å²) in [6.45, 7) is 1.83. The summed E-state index contributed by atoms with van der Waals surface area (Å²) < 4.78 is 7.80. The molecule has 1 aliphatic heterocycles. The van der Waals surface area contributed by atoms with Crippen LogP contribution in [0.3, 0.4) is 0 Å². The number of nitrogens with zero attached hydrogens (tertiary/aromatic N) is 4. The van der Waals surface area contributed by atoms with E-state index in [9.17, 15) is 4.79 Å². The van der Waals surface area contributed by atoms with Crippen LogP contribution in [-0.4, -0.2) is 44.8 Å². The molecule has 0 radical (unpaired) electrons. The first-order valence-electron chi connectivity index (χ1n) is 8.04. The second-order valence-electron chi connectivity index (χ2n) is 5.91. The first-order valence-corrected chi connectivity index (χ1v) is 8.92. The van der Waals surface area contributed by atoms with Gasteiger partial charge in [-0.1, -0.05) is 29.5 Å². The number of carbonyl (C=O) groups excluding carboxylic acids is 1. The number of piperidine rings is 1. The molecule has 0 unspecified atom stereocenters. The smallest absolute Gasteiger partial charge is 0.294 e. The van der Waals surface area contributed by atoms with Gasteiger partial charge in [0.1, 0.15) is 18.2 Å². The molecular formula is C17H18N4O2S. The van der Waals surface area contributed by atoms with Crippen LogP contribution < -0.4 is 4.74 Å². The number of ether oxygens (including phenoxy) is 1. The Labute approximate surface area is 143 Å². The van der Waals surface area contributed by atoms with E-state index in [1.54, 1.807) is 5.51 Å². The van der Waals surface area contributed by atoms with Gasteiger partial charge >= 0.3 is 0 Å². The molecule has 1 saturated heterocycles. The predicted octanol–water partition coefficient (Wildman–Crippen LogP) is 2.56. The van der Waals surface area contributed by atoms with E-state index < -0.39 is 0 Å². The maximum Gasteiger partial charge on any atom is 0.294 e. The average Bonchev–Trinajstić information content (AvgIpc) is 3.26. The van der Waals surface area contributed by atoms with Crippen LogP contribution in [0, 0.1) is 0 Å². The Balaban J connectivity index is 1.34. The van der Waals surface area contributed by atoms with Gasteiger partial charge in [0.15, 0.2) is 0 Å². The average molecular weight is 342 g/mol. The molecule has 124 valence electrons. The third-order valence-corrected chi connectivity index (χ3v) is 4.97. The molecule has 24 heavy (non-hydrogen) atoms. The van der Waals surface area contributed by atoms with Gasteiger partial charge in [0.05, 0.1) is 0 Å². The van der Waals surface area contributed by atoms with Gasteiger partial charge in [-0.05, 0) is 17.5 Å². The van der Waals surface area contributed by atoms with E-state index in [0.717, 1.165) is 36.8 Å². The molecule has 2 aromatic heterocycles. The highest BCUT2D eigenvalue weighted by atomic mass is 32.1. The van der Waals surface area contributed by atoms with E-state index >= 15 is 0 Å². The molecule has 0 saturated carbocycles. The molecule has 1 aliphatic rings. The van der Waals surface area contributed by atoms with Crippen molar-refractivity contribution in [2.45, 2.75) is 25.5 Å². The second-order valence-corrected chi connectivity index (χ2v) is 6.70. The van der Waals surface area contributed by atoms with E-state index in [4.69, 9.17) is 4.74 Å². The monoisotopic (exact) mass is 342 g/mol. The zero-order chi connectivity index (χ0) is 16.4. The van der Waals surface area contributed by atoms with Crippen molar-refractivity contribution in [2.24, 2.45) is 0 Å². The fourth-order valence-electron chi connectivity index (χ4n) is 3.10. The van der Waals surface area contributed by atoms with Gasteiger partial charge in [0.25, 0.3) is 5.19 Å². The lowest BCUT2D eigenvalue weighted by Crippen LogP contribution is -2.43. The van der Waals surface area contributed by atoms with Crippen LogP contribution in [0.2, 0.25) is 0 Å². The minimum atomic E-state index is 0.120. The molecule has 3 aromatic rings. The fourth-order valence-corrected chi connectivity index (χ4v) is 3.57. The summed E-state index contributed by atoms with van der Waals surface area (Å²) in [7, 11) is 0. The Kier molecular flexibility index (Phi) is 4.17. The number of amides is 1. The van der Waals surface area contributed by atoms with Gasteiger partial charge < -0.3 is 14.2 Å². The summed E-state index contributed by atoms with van der Waals surface area (Å²) >= 11 is 1.40. The Morgan fingerprint density at radius 3 is 2.88 bits per heavy atom. The molecule has 0 bridgehead atoms. The number of hydrogen-bond acceptors (Lipinski definition) is 5. The molecule has 0 N–H and O–H groups in total. The van der Waals surface area contributed by atoms with Gasteiger partial charge in [-0.25, -0.2) is 0 Å². The molecule has 1 fully saturated rings. The zero-order valence-corrected chi connectivity index (χ0v) is 14.0. The maximum absolute atomic E-state index is 12.6. The van der Waals surface area contributed by atoms with Gasteiger partial charge in [0, 0.05) is 37.6 Å². The molecule has 6 nitrogen and oxygen atoms in total. The van der Waals surface area contributed by atoms with Crippen molar-refractivity contribution in [3.05, 3.63) is 42.0 Å². The van der Waals surface area contributed by atoms with Crippen molar-refractivity contribution < 1.29 is 9.53 Å². The maximum atomic E-state index is 12.6. The highest BCUT2D eigenvalue weighted by molar-refractivity contribution is 7.11. The van der Waals surface area contributed by atoms with E-state index in [0.29, 0.717) is 11.7 Å². The molecule has 1 aromatic carbocycles. The van der Waals surface area contributed by atoms with Gasteiger partial charge in [-0.2, -0.15) is 0 Å². The molecule has 0 atom stereocenters. The molecule has 7 heteroatoms. The van der Waals surface area contributed by atoms with E-state index in [1.807, 2.05) is 39.9 Å². The van der Waals surface area contributed by atoms with Crippen LogP contribution >= 0.6 is 11.3 Å². The highest BCUT2D eigenvalue weighted by Gasteiger charge is 2.24. The summed E-state index contributed by atoms with van der Waals surface area (Å²) in [4.78, 5) is 14.5. The minimum Gasteiger partial charge on any atom is -0.465 e. The Morgan fingerprint density at radius 2 is 2.08 bits per heavy atom. The largest absolute Gasteiger partial charge is 0.465 e. The first kappa shape index (κ1) is 15.1. The van der Waals surface area contributed by atoms with Crippen LogP contribution in [0.5, 0.6) is 5.19 Å². The SMILES string of the molecule is O=C(Cn1ccc2ccccc21)N1CCC(Oc2nncs2)CC1. The highest BCUT2D eigenvalue weighted by Crippen LogP contribution is 2.21. The van der Waals surface area contributed by atoms with E-state index in [2.05, 4.69) is 16.3 Å². The van der Waals surface area contributed by atoms with E-state index in [1.165, 1.54) is 11.3 Å². The third-order valence-electron chi connectivity index (χ3n) is 4.39. The summed E-state index contributed by atoms with van der Waals surface area (Å²) in [6, 6.07) is 10.2. The lowest BCUT2D eigenvalue weighted by Gasteiger charge is -2.31. The quantitative estimate of drug-likeness (QED) is 0.731. The standard InChI is InChI=1S/C17H18N4O2S/c22-16(11-21-8-5-13-3-1-2-4-15(13)21)20-9-6-14(7-10-20)23-17-19-18-12-24-17/h1-5,8,12,14H,6-7,9-11H2. The second kappa shape index (κ2) is 6.60. The summed E-state index contributed by atoms with van der Waals surface area (Å²) in [6.07, 6.45) is 3.76. The third kappa shape index (κ3) is 3.12. The lowest BCUT2D eigenvalue weighted by atomic mass is 10.1. The molecule has 3 heterocycles. The normalized spacial score (nSPS) is 15.8. The summed E-state index contributed by atoms with van der Waals surface area (Å²) in [5.41, 5.74) is 2.76.